The number of aromatic nitrogens is 3. The Morgan fingerprint density at radius 2 is 1.87 bits per heavy atom. The molecule has 4 rings (SSSR count). The van der Waals surface area contributed by atoms with Crippen LogP contribution in [0.2, 0.25) is 0 Å². The third-order valence-corrected chi connectivity index (χ3v) is 4.94. The summed E-state index contributed by atoms with van der Waals surface area (Å²) >= 11 is 0. The molecule has 2 heterocycles. The van der Waals surface area contributed by atoms with E-state index in [0.717, 1.165) is 17.5 Å². The van der Waals surface area contributed by atoms with Gasteiger partial charge in [0.05, 0.1) is 7.11 Å². The van der Waals surface area contributed by atoms with Gasteiger partial charge in [0.2, 0.25) is 0 Å². The lowest BCUT2D eigenvalue weighted by Crippen LogP contribution is -2.21. The predicted molar refractivity (Wildman–Crippen MR) is 122 cm³/mol. The highest BCUT2D eigenvalue weighted by Gasteiger charge is 2.16. The third kappa shape index (κ3) is 4.46. The second-order valence-corrected chi connectivity index (χ2v) is 7.42. The zero-order chi connectivity index (χ0) is 21.8. The van der Waals surface area contributed by atoms with E-state index in [-0.39, 0.29) is 5.82 Å². The van der Waals surface area contributed by atoms with Gasteiger partial charge in [0.1, 0.15) is 22.9 Å². The smallest absolute Gasteiger partial charge is 0.163 e. The number of pyridine rings is 1. The molecule has 4 aromatic rings. The van der Waals surface area contributed by atoms with Crippen molar-refractivity contribution < 1.29 is 9.13 Å². The molecule has 2 aromatic heterocycles. The zero-order valence-electron chi connectivity index (χ0n) is 17.8. The maximum Gasteiger partial charge on any atom is 0.163 e. The first-order valence-electron chi connectivity index (χ1n) is 10.0. The zero-order valence-corrected chi connectivity index (χ0v) is 17.8. The van der Waals surface area contributed by atoms with E-state index in [2.05, 4.69) is 15.2 Å². The van der Waals surface area contributed by atoms with Crippen LogP contribution < -0.4 is 10.1 Å². The van der Waals surface area contributed by atoms with Crippen molar-refractivity contribution in [2.24, 2.45) is 0 Å². The molecule has 0 unspecified atom stereocenters. The molecule has 2 aromatic carbocycles. The van der Waals surface area contributed by atoms with Crippen LogP contribution in [0.1, 0.15) is 0 Å². The predicted octanol–water partition coefficient (Wildman–Crippen LogP) is 4.48. The minimum Gasteiger partial charge on any atom is -0.494 e. The van der Waals surface area contributed by atoms with E-state index in [1.807, 2.05) is 44.4 Å². The summed E-state index contributed by atoms with van der Waals surface area (Å²) in [6, 6.07) is 14.2. The highest BCUT2D eigenvalue weighted by atomic mass is 19.1. The highest BCUT2D eigenvalue weighted by molar-refractivity contribution is 5.97. The summed E-state index contributed by atoms with van der Waals surface area (Å²) in [5.41, 5.74) is 2.67. The summed E-state index contributed by atoms with van der Waals surface area (Å²) in [7, 11) is 5.62. The summed E-state index contributed by atoms with van der Waals surface area (Å²) in [5.74, 6) is 1.48. The van der Waals surface area contributed by atoms with Gasteiger partial charge < -0.3 is 15.0 Å². The molecule has 0 amide bonds. The fourth-order valence-electron chi connectivity index (χ4n) is 3.36. The molecular weight excluding hydrogens is 393 g/mol. The average Bonchev–Trinajstić information content (AvgIpc) is 2.79. The number of likely N-dealkylation sites (N-methyl/N-ethyl adjacent to an activating group) is 1. The second kappa shape index (κ2) is 9.06. The van der Waals surface area contributed by atoms with Crippen molar-refractivity contribution in [3.8, 4) is 28.3 Å². The fourth-order valence-corrected chi connectivity index (χ4v) is 3.36. The Bertz CT molecular complexity index is 1200. The molecule has 0 bridgehead atoms. The van der Waals surface area contributed by atoms with E-state index in [9.17, 15) is 4.39 Å². The van der Waals surface area contributed by atoms with E-state index in [4.69, 9.17) is 14.7 Å². The lowest BCUT2D eigenvalue weighted by atomic mass is 10.0. The van der Waals surface area contributed by atoms with Crippen LogP contribution in [0.3, 0.4) is 0 Å². The van der Waals surface area contributed by atoms with Gasteiger partial charge in [-0.05, 0) is 50.0 Å². The SMILES string of the molecule is COc1cc(-c2ccccc2F)cc2c(NCCN(C)C)nc(-c3cccnc3)nc12. The number of halogens is 1. The number of benzene rings is 2. The van der Waals surface area contributed by atoms with Crippen molar-refractivity contribution in [3.05, 3.63) is 66.7 Å². The first kappa shape index (κ1) is 20.7. The lowest BCUT2D eigenvalue weighted by molar-refractivity contribution is 0.419. The van der Waals surface area contributed by atoms with Gasteiger partial charge in [-0.15, -0.1) is 0 Å². The number of hydrogen-bond donors (Lipinski definition) is 1. The van der Waals surface area contributed by atoms with E-state index >= 15 is 0 Å². The van der Waals surface area contributed by atoms with Gasteiger partial charge in [0, 0.05) is 42.0 Å². The van der Waals surface area contributed by atoms with Crippen LogP contribution in [0, 0.1) is 5.82 Å². The standard InChI is InChI=1S/C24H24FN5O/c1-30(2)12-11-27-24-19-13-17(18-8-4-5-9-20(18)25)14-21(31-3)22(19)28-23(29-24)16-7-6-10-26-15-16/h4-10,13-15H,11-12H2,1-3H3,(H,27,28,29). The maximum absolute atomic E-state index is 14.5. The molecular formula is C24H24FN5O. The Balaban J connectivity index is 1.92. The Labute approximate surface area is 180 Å². The molecule has 1 N–H and O–H groups in total. The van der Waals surface area contributed by atoms with Crippen molar-refractivity contribution in [1.82, 2.24) is 19.9 Å². The molecule has 0 aliphatic carbocycles. The summed E-state index contributed by atoms with van der Waals surface area (Å²) in [6.07, 6.45) is 3.44. The Hall–Kier alpha value is -3.58. The van der Waals surface area contributed by atoms with Gasteiger partial charge in [-0.2, -0.15) is 0 Å². The number of nitrogens with one attached hydrogen (secondary N) is 1. The molecule has 0 radical (unpaired) electrons. The van der Waals surface area contributed by atoms with Crippen molar-refractivity contribution >= 4 is 16.7 Å². The number of ether oxygens (including phenoxy) is 1. The van der Waals surface area contributed by atoms with Crippen molar-refractivity contribution in [1.29, 1.82) is 0 Å². The summed E-state index contributed by atoms with van der Waals surface area (Å²) < 4.78 is 20.1. The Morgan fingerprint density at radius 1 is 1.03 bits per heavy atom. The van der Waals surface area contributed by atoms with Gasteiger partial charge >= 0.3 is 0 Å². The summed E-state index contributed by atoms with van der Waals surface area (Å²) in [5, 5.41) is 4.18. The number of rotatable bonds is 7. The summed E-state index contributed by atoms with van der Waals surface area (Å²) in [4.78, 5) is 15.8. The second-order valence-electron chi connectivity index (χ2n) is 7.42. The van der Waals surface area contributed by atoms with Crippen molar-refractivity contribution in [3.63, 3.8) is 0 Å². The first-order valence-corrected chi connectivity index (χ1v) is 10.0. The van der Waals surface area contributed by atoms with Gasteiger partial charge in [-0.1, -0.05) is 18.2 Å². The number of fused-ring (bicyclic) bond motifs is 1. The number of nitrogens with zero attached hydrogens (tertiary/aromatic N) is 4. The minimum atomic E-state index is -0.293. The van der Waals surface area contributed by atoms with Gasteiger partial charge in [-0.25, -0.2) is 14.4 Å². The monoisotopic (exact) mass is 417 g/mol. The van der Waals surface area contributed by atoms with Gasteiger partial charge in [-0.3, -0.25) is 4.98 Å². The quantitative estimate of drug-likeness (QED) is 0.478. The fraction of sp³-hybridized carbons (Fsp3) is 0.208. The van der Waals surface area contributed by atoms with Crippen LogP contribution in [-0.4, -0.2) is 54.1 Å². The molecule has 0 aliphatic heterocycles. The first-order chi connectivity index (χ1) is 15.1. The largest absolute Gasteiger partial charge is 0.494 e. The minimum absolute atomic E-state index is 0.293. The molecule has 0 aliphatic rings. The van der Waals surface area contributed by atoms with Crippen LogP contribution in [0.15, 0.2) is 60.9 Å². The molecule has 158 valence electrons. The number of anilines is 1. The van der Waals surface area contributed by atoms with E-state index in [1.165, 1.54) is 6.07 Å². The van der Waals surface area contributed by atoms with Gasteiger partial charge in [0.25, 0.3) is 0 Å². The maximum atomic E-state index is 14.5. The molecule has 0 fully saturated rings. The molecule has 7 heteroatoms. The number of methoxy groups -OCH3 is 1. The topological polar surface area (TPSA) is 63.2 Å². The van der Waals surface area contributed by atoms with Crippen LogP contribution in [0.25, 0.3) is 33.4 Å². The molecule has 6 nitrogen and oxygen atoms in total. The van der Waals surface area contributed by atoms with E-state index in [0.29, 0.717) is 40.6 Å². The van der Waals surface area contributed by atoms with Crippen molar-refractivity contribution in [2.45, 2.75) is 0 Å². The van der Waals surface area contributed by atoms with Gasteiger partial charge in [0.15, 0.2) is 5.82 Å². The van der Waals surface area contributed by atoms with Crippen molar-refractivity contribution in [2.75, 3.05) is 39.6 Å². The van der Waals surface area contributed by atoms with Crippen LogP contribution >= 0.6 is 0 Å². The Kier molecular flexibility index (Phi) is 6.04. The van der Waals surface area contributed by atoms with E-state index in [1.54, 1.807) is 31.6 Å². The molecule has 31 heavy (non-hydrogen) atoms. The van der Waals surface area contributed by atoms with Crippen LogP contribution in [-0.2, 0) is 0 Å². The lowest BCUT2D eigenvalue weighted by Gasteiger charge is -2.16. The number of hydrogen-bond acceptors (Lipinski definition) is 6. The third-order valence-electron chi connectivity index (χ3n) is 4.94. The molecule has 0 saturated carbocycles. The summed E-state index contributed by atoms with van der Waals surface area (Å²) in [6.45, 7) is 1.52. The normalized spacial score (nSPS) is 11.1. The average molecular weight is 417 g/mol. The van der Waals surface area contributed by atoms with Crippen LogP contribution in [0.5, 0.6) is 5.75 Å². The van der Waals surface area contributed by atoms with E-state index < -0.39 is 0 Å². The molecule has 0 spiro atoms. The molecule has 0 saturated heterocycles. The van der Waals surface area contributed by atoms with Crippen LogP contribution in [0.4, 0.5) is 10.2 Å². The highest BCUT2D eigenvalue weighted by Crippen LogP contribution is 2.36. The molecule has 0 atom stereocenters. The Morgan fingerprint density at radius 3 is 2.58 bits per heavy atom.